The first-order chi connectivity index (χ1) is 12.7. The number of nitrogens with one attached hydrogen (secondary N) is 2. The minimum atomic E-state index is -0.337. The maximum absolute atomic E-state index is 11.7. The second-order valence-corrected chi connectivity index (χ2v) is 5.36. The van der Waals surface area contributed by atoms with Crippen molar-refractivity contribution in [3.63, 3.8) is 0 Å². The second-order valence-electron chi connectivity index (χ2n) is 5.36. The molecule has 0 atom stereocenters. The van der Waals surface area contributed by atoms with Crippen molar-refractivity contribution < 1.29 is 9.53 Å². The average Bonchev–Trinajstić information content (AvgIpc) is 2.68. The van der Waals surface area contributed by atoms with Crippen molar-refractivity contribution in [2.75, 3.05) is 17.2 Å². The Bertz CT molecular complexity index is 853. The highest BCUT2D eigenvalue weighted by Crippen LogP contribution is 2.16. The number of aromatic nitrogens is 3. The van der Waals surface area contributed by atoms with Gasteiger partial charge < -0.3 is 15.4 Å². The van der Waals surface area contributed by atoms with E-state index in [9.17, 15) is 4.79 Å². The molecule has 0 aliphatic rings. The summed E-state index contributed by atoms with van der Waals surface area (Å²) in [6.07, 6.45) is 3.42. The first-order valence-electron chi connectivity index (χ1n) is 8.25. The van der Waals surface area contributed by atoms with Crippen molar-refractivity contribution in [2.24, 2.45) is 0 Å². The van der Waals surface area contributed by atoms with E-state index in [-0.39, 0.29) is 5.97 Å². The van der Waals surface area contributed by atoms with E-state index < -0.39 is 0 Å². The monoisotopic (exact) mass is 349 g/mol. The van der Waals surface area contributed by atoms with E-state index in [0.717, 1.165) is 11.4 Å². The third kappa shape index (κ3) is 4.76. The van der Waals surface area contributed by atoms with Crippen LogP contribution in [0.4, 0.5) is 17.5 Å². The van der Waals surface area contributed by atoms with Crippen LogP contribution < -0.4 is 10.6 Å². The highest BCUT2D eigenvalue weighted by atomic mass is 16.5. The van der Waals surface area contributed by atoms with Crippen LogP contribution in [0.5, 0.6) is 0 Å². The number of carbonyl (C=O) groups is 1. The highest BCUT2D eigenvalue weighted by Gasteiger charge is 2.06. The molecule has 2 aromatic heterocycles. The van der Waals surface area contributed by atoms with Gasteiger partial charge in [-0.05, 0) is 49.4 Å². The van der Waals surface area contributed by atoms with Crippen LogP contribution in [0.3, 0.4) is 0 Å². The Morgan fingerprint density at radius 2 is 1.88 bits per heavy atom. The number of esters is 1. The van der Waals surface area contributed by atoms with Gasteiger partial charge in [-0.3, -0.25) is 4.98 Å². The lowest BCUT2D eigenvalue weighted by molar-refractivity contribution is 0.0526. The number of hydrogen-bond donors (Lipinski definition) is 2. The van der Waals surface area contributed by atoms with Gasteiger partial charge >= 0.3 is 5.97 Å². The van der Waals surface area contributed by atoms with Crippen LogP contribution in [0.1, 0.15) is 23.0 Å². The fraction of sp³-hybridized carbons (Fsp3) is 0.158. The topological polar surface area (TPSA) is 89.0 Å². The van der Waals surface area contributed by atoms with Gasteiger partial charge in [-0.15, -0.1) is 0 Å². The molecule has 7 nitrogen and oxygen atoms in total. The van der Waals surface area contributed by atoms with Crippen molar-refractivity contribution >= 4 is 23.4 Å². The summed E-state index contributed by atoms with van der Waals surface area (Å²) in [7, 11) is 0. The molecule has 0 spiro atoms. The standard InChI is InChI=1S/C19H19N5O2/c1-2-26-18(25)14-6-8-15(9-7-14)23-19-21-12-10-17(24-19)22-13-16-5-3-4-11-20-16/h3-12H,2,13H2,1H3,(H2,21,22,23,24). The number of benzene rings is 1. The Kier molecular flexibility index (Phi) is 5.72. The van der Waals surface area contributed by atoms with Crippen molar-refractivity contribution in [1.82, 2.24) is 15.0 Å². The number of rotatable bonds is 7. The number of pyridine rings is 1. The van der Waals surface area contributed by atoms with E-state index >= 15 is 0 Å². The fourth-order valence-corrected chi connectivity index (χ4v) is 2.23. The number of hydrogen-bond acceptors (Lipinski definition) is 7. The number of carbonyl (C=O) groups excluding carboxylic acids is 1. The summed E-state index contributed by atoms with van der Waals surface area (Å²) in [4.78, 5) is 24.6. The van der Waals surface area contributed by atoms with Crippen LogP contribution in [-0.2, 0) is 11.3 Å². The third-order valence-corrected chi connectivity index (χ3v) is 3.48. The molecule has 2 heterocycles. The molecule has 132 valence electrons. The lowest BCUT2D eigenvalue weighted by atomic mass is 10.2. The van der Waals surface area contributed by atoms with Gasteiger partial charge in [0, 0.05) is 18.1 Å². The van der Waals surface area contributed by atoms with Gasteiger partial charge in [0.1, 0.15) is 5.82 Å². The molecule has 0 saturated carbocycles. The summed E-state index contributed by atoms with van der Waals surface area (Å²) >= 11 is 0. The number of anilines is 3. The predicted octanol–water partition coefficient (Wildman–Crippen LogP) is 3.40. The zero-order chi connectivity index (χ0) is 18.2. The van der Waals surface area contributed by atoms with Crippen molar-refractivity contribution in [2.45, 2.75) is 13.5 Å². The lowest BCUT2D eigenvalue weighted by Crippen LogP contribution is -2.06. The first-order valence-corrected chi connectivity index (χ1v) is 8.25. The summed E-state index contributed by atoms with van der Waals surface area (Å²) in [5.41, 5.74) is 2.21. The van der Waals surface area contributed by atoms with Gasteiger partial charge in [0.15, 0.2) is 0 Å². The largest absolute Gasteiger partial charge is 0.462 e. The van der Waals surface area contributed by atoms with E-state index in [2.05, 4.69) is 25.6 Å². The molecule has 1 aromatic carbocycles. The van der Waals surface area contributed by atoms with E-state index in [4.69, 9.17) is 4.74 Å². The molecule has 0 aliphatic heterocycles. The van der Waals surface area contributed by atoms with Gasteiger partial charge in [-0.1, -0.05) is 6.07 Å². The van der Waals surface area contributed by atoms with Crippen LogP contribution in [-0.4, -0.2) is 27.5 Å². The number of nitrogens with zero attached hydrogens (tertiary/aromatic N) is 3. The SMILES string of the molecule is CCOC(=O)c1ccc(Nc2nccc(NCc3ccccn3)n2)cc1. The number of ether oxygens (including phenoxy) is 1. The summed E-state index contributed by atoms with van der Waals surface area (Å²) in [5.74, 6) is 0.812. The van der Waals surface area contributed by atoms with Crippen LogP contribution in [0, 0.1) is 0 Å². The molecule has 0 unspecified atom stereocenters. The Morgan fingerprint density at radius 1 is 1.04 bits per heavy atom. The molecular weight excluding hydrogens is 330 g/mol. The summed E-state index contributed by atoms with van der Waals surface area (Å²) in [6.45, 7) is 2.70. The molecule has 26 heavy (non-hydrogen) atoms. The average molecular weight is 349 g/mol. The minimum Gasteiger partial charge on any atom is -0.462 e. The zero-order valence-corrected chi connectivity index (χ0v) is 14.3. The molecule has 7 heteroatoms. The fourth-order valence-electron chi connectivity index (χ4n) is 2.23. The Labute approximate surface area is 151 Å². The first kappa shape index (κ1) is 17.3. The van der Waals surface area contributed by atoms with Crippen LogP contribution in [0.15, 0.2) is 60.9 Å². The molecule has 3 rings (SSSR count). The van der Waals surface area contributed by atoms with Gasteiger partial charge in [0.2, 0.25) is 5.95 Å². The minimum absolute atomic E-state index is 0.337. The Balaban J connectivity index is 1.62. The molecule has 3 aromatic rings. The van der Waals surface area contributed by atoms with Crippen molar-refractivity contribution in [3.8, 4) is 0 Å². The summed E-state index contributed by atoms with van der Waals surface area (Å²) < 4.78 is 4.97. The van der Waals surface area contributed by atoms with Crippen molar-refractivity contribution in [3.05, 3.63) is 72.2 Å². The van der Waals surface area contributed by atoms with E-state index in [0.29, 0.717) is 30.5 Å². The maximum atomic E-state index is 11.7. The summed E-state index contributed by atoms with van der Waals surface area (Å²) in [6, 6.07) is 14.5. The predicted molar refractivity (Wildman–Crippen MR) is 99.3 cm³/mol. The molecule has 0 bridgehead atoms. The normalized spacial score (nSPS) is 10.2. The maximum Gasteiger partial charge on any atom is 0.338 e. The zero-order valence-electron chi connectivity index (χ0n) is 14.3. The van der Waals surface area contributed by atoms with Crippen LogP contribution >= 0.6 is 0 Å². The molecule has 0 fully saturated rings. The molecule has 0 amide bonds. The second kappa shape index (κ2) is 8.57. The molecule has 0 saturated heterocycles. The molecule has 0 radical (unpaired) electrons. The Hall–Kier alpha value is -3.48. The Morgan fingerprint density at radius 3 is 2.62 bits per heavy atom. The molecule has 0 aliphatic carbocycles. The van der Waals surface area contributed by atoms with Gasteiger partial charge in [-0.25, -0.2) is 9.78 Å². The molecule has 2 N–H and O–H groups in total. The van der Waals surface area contributed by atoms with Gasteiger partial charge in [-0.2, -0.15) is 4.98 Å². The van der Waals surface area contributed by atoms with Crippen LogP contribution in [0.2, 0.25) is 0 Å². The lowest BCUT2D eigenvalue weighted by Gasteiger charge is -2.09. The van der Waals surface area contributed by atoms with E-state index in [1.165, 1.54) is 0 Å². The van der Waals surface area contributed by atoms with Gasteiger partial charge in [0.05, 0.1) is 24.4 Å². The van der Waals surface area contributed by atoms with Crippen LogP contribution in [0.25, 0.3) is 0 Å². The third-order valence-electron chi connectivity index (χ3n) is 3.48. The van der Waals surface area contributed by atoms with Gasteiger partial charge in [0.25, 0.3) is 0 Å². The quantitative estimate of drug-likeness (QED) is 0.632. The van der Waals surface area contributed by atoms with Crippen molar-refractivity contribution in [1.29, 1.82) is 0 Å². The van der Waals surface area contributed by atoms with E-state index in [1.807, 2.05) is 18.2 Å². The highest BCUT2D eigenvalue weighted by molar-refractivity contribution is 5.89. The smallest absolute Gasteiger partial charge is 0.338 e. The molecular formula is C19H19N5O2. The van der Waals surface area contributed by atoms with E-state index in [1.54, 1.807) is 49.6 Å². The summed E-state index contributed by atoms with van der Waals surface area (Å²) in [5, 5.41) is 6.32.